The van der Waals surface area contributed by atoms with Crippen LogP contribution in [0.3, 0.4) is 0 Å². The topological polar surface area (TPSA) is 86.8 Å². The van der Waals surface area contributed by atoms with E-state index in [2.05, 4.69) is 5.32 Å². The summed E-state index contributed by atoms with van der Waals surface area (Å²) in [6.07, 6.45) is 2.01. The number of rotatable bonds is 13. The zero-order valence-corrected chi connectivity index (χ0v) is 25.3. The second-order valence-corrected chi connectivity index (χ2v) is 12.1. The molecule has 0 aliphatic heterocycles. The van der Waals surface area contributed by atoms with Crippen molar-refractivity contribution in [1.82, 2.24) is 10.2 Å². The monoisotopic (exact) mass is 581 g/mol. The maximum atomic E-state index is 14.1. The lowest BCUT2D eigenvalue weighted by molar-refractivity contribution is -0.140. The number of hydrogen-bond acceptors (Lipinski definition) is 4. The highest BCUT2D eigenvalue weighted by Crippen LogP contribution is 2.29. The Labute approximate surface area is 243 Å². The molecule has 1 N–H and O–H groups in total. The number of carbonyl (C=O) groups is 2. The Morgan fingerprint density at radius 2 is 1.59 bits per heavy atom. The van der Waals surface area contributed by atoms with Crippen LogP contribution < -0.4 is 9.62 Å². The van der Waals surface area contributed by atoms with Gasteiger partial charge in [-0.05, 0) is 80.6 Å². The third-order valence-electron chi connectivity index (χ3n) is 7.21. The standard InChI is InChI=1S/C32H40FN3O4S/c1-6-8-20-34-32(38)29(7-2)35(21-26-14-16-27(33)17-15-26)31(37)22-36(30-11-9-10-24(4)25(30)5)41(39,40)28-18-12-23(3)13-19-28/h9-19,29H,6-8,20-22H2,1-5H3,(H,34,38)/t29-/m1/s1. The molecule has 0 heterocycles. The first-order valence-electron chi connectivity index (χ1n) is 14.0. The summed E-state index contributed by atoms with van der Waals surface area (Å²) in [5.41, 5.74) is 3.53. The molecule has 0 saturated heterocycles. The van der Waals surface area contributed by atoms with Crippen LogP contribution in [0.4, 0.5) is 10.1 Å². The van der Waals surface area contributed by atoms with Gasteiger partial charge in [0.1, 0.15) is 18.4 Å². The van der Waals surface area contributed by atoms with E-state index in [0.29, 0.717) is 24.2 Å². The van der Waals surface area contributed by atoms with Crippen LogP contribution in [0.2, 0.25) is 0 Å². The second kappa shape index (κ2) is 14.3. The number of hydrogen-bond donors (Lipinski definition) is 1. The van der Waals surface area contributed by atoms with Gasteiger partial charge in [-0.25, -0.2) is 12.8 Å². The summed E-state index contributed by atoms with van der Waals surface area (Å²) in [5.74, 6) is -1.26. The minimum absolute atomic E-state index is 0.0179. The first kappa shape index (κ1) is 31.8. The van der Waals surface area contributed by atoms with Crippen molar-refractivity contribution < 1.29 is 22.4 Å². The molecule has 0 spiro atoms. The van der Waals surface area contributed by atoms with Gasteiger partial charge in [-0.1, -0.05) is 62.2 Å². The Hall–Kier alpha value is -3.72. The normalized spacial score (nSPS) is 12.0. The summed E-state index contributed by atoms with van der Waals surface area (Å²) in [6.45, 7) is 9.37. The van der Waals surface area contributed by atoms with Crippen molar-refractivity contribution in [2.45, 2.75) is 71.4 Å². The molecule has 0 aliphatic carbocycles. The molecule has 0 aliphatic rings. The van der Waals surface area contributed by atoms with E-state index >= 15 is 0 Å². The summed E-state index contributed by atoms with van der Waals surface area (Å²) in [4.78, 5) is 28.8. The number of halogens is 1. The number of aryl methyl sites for hydroxylation is 2. The summed E-state index contributed by atoms with van der Waals surface area (Å²) < 4.78 is 42.9. The molecule has 0 radical (unpaired) electrons. The molecule has 0 bridgehead atoms. The number of nitrogens with one attached hydrogen (secondary N) is 1. The third kappa shape index (κ3) is 7.94. The molecule has 0 fully saturated rings. The summed E-state index contributed by atoms with van der Waals surface area (Å²) >= 11 is 0. The van der Waals surface area contributed by atoms with Crippen molar-refractivity contribution in [1.29, 1.82) is 0 Å². The summed E-state index contributed by atoms with van der Waals surface area (Å²) in [7, 11) is -4.15. The van der Waals surface area contributed by atoms with Gasteiger partial charge in [0.25, 0.3) is 10.0 Å². The molecule has 0 aromatic heterocycles. The van der Waals surface area contributed by atoms with Gasteiger partial charge in [-0.15, -0.1) is 0 Å². The minimum atomic E-state index is -4.15. The molecule has 3 rings (SSSR count). The molecular formula is C32H40FN3O4S. The van der Waals surface area contributed by atoms with Gasteiger partial charge in [0, 0.05) is 13.1 Å². The maximum Gasteiger partial charge on any atom is 0.264 e. The number of anilines is 1. The molecule has 2 amide bonds. The first-order valence-corrected chi connectivity index (χ1v) is 15.4. The van der Waals surface area contributed by atoms with Gasteiger partial charge in [0.05, 0.1) is 10.6 Å². The zero-order chi connectivity index (χ0) is 30.2. The van der Waals surface area contributed by atoms with E-state index in [-0.39, 0.29) is 17.3 Å². The van der Waals surface area contributed by atoms with Crippen LogP contribution in [-0.2, 0) is 26.2 Å². The Morgan fingerprint density at radius 3 is 2.20 bits per heavy atom. The lowest BCUT2D eigenvalue weighted by Gasteiger charge is -2.33. The number of nitrogens with zero attached hydrogens (tertiary/aromatic N) is 2. The Kier molecular flexibility index (Phi) is 11.1. The average molecular weight is 582 g/mol. The van der Waals surface area contributed by atoms with Crippen LogP contribution in [0.5, 0.6) is 0 Å². The highest BCUT2D eigenvalue weighted by atomic mass is 32.2. The van der Waals surface area contributed by atoms with E-state index in [0.717, 1.165) is 33.8 Å². The zero-order valence-electron chi connectivity index (χ0n) is 24.5. The first-order chi connectivity index (χ1) is 19.5. The maximum absolute atomic E-state index is 14.1. The molecular weight excluding hydrogens is 541 g/mol. The van der Waals surface area contributed by atoms with Gasteiger partial charge < -0.3 is 10.2 Å². The van der Waals surface area contributed by atoms with E-state index in [4.69, 9.17) is 0 Å². The van der Waals surface area contributed by atoms with E-state index in [1.54, 1.807) is 43.3 Å². The number of unbranched alkanes of at least 4 members (excludes halogenated alkanes) is 1. The van der Waals surface area contributed by atoms with Gasteiger partial charge in [0.2, 0.25) is 11.8 Å². The fraction of sp³-hybridized carbons (Fsp3) is 0.375. The van der Waals surface area contributed by atoms with E-state index in [1.807, 2.05) is 33.8 Å². The highest BCUT2D eigenvalue weighted by molar-refractivity contribution is 7.92. The SMILES string of the molecule is CCCCNC(=O)[C@@H](CC)N(Cc1ccc(F)cc1)C(=O)CN(c1cccc(C)c1C)S(=O)(=O)c1ccc(C)cc1. The average Bonchev–Trinajstić information content (AvgIpc) is 2.94. The van der Waals surface area contributed by atoms with Crippen LogP contribution in [0.25, 0.3) is 0 Å². The van der Waals surface area contributed by atoms with E-state index in [1.165, 1.54) is 29.2 Å². The fourth-order valence-corrected chi connectivity index (χ4v) is 6.04. The van der Waals surface area contributed by atoms with Crippen molar-refractivity contribution >= 4 is 27.5 Å². The molecule has 1 atom stereocenters. The van der Waals surface area contributed by atoms with Gasteiger partial charge in [0.15, 0.2) is 0 Å². The van der Waals surface area contributed by atoms with Crippen LogP contribution >= 0.6 is 0 Å². The van der Waals surface area contributed by atoms with Crippen LogP contribution in [0.1, 0.15) is 55.4 Å². The minimum Gasteiger partial charge on any atom is -0.354 e. The number of sulfonamides is 1. The van der Waals surface area contributed by atoms with Crippen molar-refractivity contribution in [3.63, 3.8) is 0 Å². The summed E-state index contributed by atoms with van der Waals surface area (Å²) in [5, 5.41) is 2.90. The fourth-order valence-electron chi connectivity index (χ4n) is 4.57. The Morgan fingerprint density at radius 1 is 0.927 bits per heavy atom. The summed E-state index contributed by atoms with van der Waals surface area (Å²) in [6, 6.07) is 16.7. The predicted molar refractivity (Wildman–Crippen MR) is 161 cm³/mol. The molecule has 0 unspecified atom stereocenters. The molecule has 3 aromatic carbocycles. The molecule has 7 nitrogen and oxygen atoms in total. The highest BCUT2D eigenvalue weighted by Gasteiger charge is 2.34. The molecule has 3 aromatic rings. The third-order valence-corrected chi connectivity index (χ3v) is 8.99. The molecule has 220 valence electrons. The second-order valence-electron chi connectivity index (χ2n) is 10.3. The van der Waals surface area contributed by atoms with Gasteiger partial charge in [-0.2, -0.15) is 0 Å². The van der Waals surface area contributed by atoms with Crippen molar-refractivity contribution in [2.24, 2.45) is 0 Å². The van der Waals surface area contributed by atoms with E-state index < -0.39 is 34.3 Å². The smallest absolute Gasteiger partial charge is 0.264 e. The molecule has 0 saturated carbocycles. The van der Waals surface area contributed by atoms with E-state index in [9.17, 15) is 22.4 Å². The van der Waals surface area contributed by atoms with Crippen molar-refractivity contribution in [3.8, 4) is 0 Å². The van der Waals surface area contributed by atoms with Crippen LogP contribution in [0.15, 0.2) is 71.6 Å². The van der Waals surface area contributed by atoms with Crippen molar-refractivity contribution in [3.05, 3.63) is 94.8 Å². The lowest BCUT2D eigenvalue weighted by atomic mass is 10.1. The Balaban J connectivity index is 2.07. The largest absolute Gasteiger partial charge is 0.354 e. The van der Waals surface area contributed by atoms with Gasteiger partial charge >= 0.3 is 0 Å². The molecule has 41 heavy (non-hydrogen) atoms. The Bertz CT molecular complexity index is 1440. The molecule has 9 heteroatoms. The van der Waals surface area contributed by atoms with Gasteiger partial charge in [-0.3, -0.25) is 13.9 Å². The predicted octanol–water partition coefficient (Wildman–Crippen LogP) is 5.67. The number of carbonyl (C=O) groups excluding carboxylic acids is 2. The van der Waals surface area contributed by atoms with Crippen LogP contribution in [-0.4, -0.2) is 44.3 Å². The van der Waals surface area contributed by atoms with Crippen molar-refractivity contribution in [2.75, 3.05) is 17.4 Å². The quantitative estimate of drug-likeness (QED) is 0.264. The number of amides is 2. The number of benzene rings is 3. The lowest BCUT2D eigenvalue weighted by Crippen LogP contribution is -2.52. The van der Waals surface area contributed by atoms with Crippen LogP contribution in [0, 0.1) is 26.6 Å².